The summed E-state index contributed by atoms with van der Waals surface area (Å²) in [6.07, 6.45) is 1.87. The van der Waals surface area contributed by atoms with E-state index in [1.807, 2.05) is 24.4 Å². The molecule has 0 spiro atoms. The van der Waals surface area contributed by atoms with Gasteiger partial charge in [-0.05, 0) is 83.9 Å². The van der Waals surface area contributed by atoms with Crippen molar-refractivity contribution in [3.8, 4) is 56.7 Å². The Morgan fingerprint density at radius 3 is 1.73 bits per heavy atom. The highest BCUT2D eigenvalue weighted by molar-refractivity contribution is 7.25. The summed E-state index contributed by atoms with van der Waals surface area (Å²) < 4.78 is 6.94. The molecule has 6 heterocycles. The Morgan fingerprint density at radius 2 is 0.952 bits per heavy atom. The molecule has 0 bridgehead atoms. The van der Waals surface area contributed by atoms with Gasteiger partial charge < -0.3 is 0 Å². The van der Waals surface area contributed by atoms with Crippen LogP contribution in [0.3, 0.4) is 0 Å². The van der Waals surface area contributed by atoms with Crippen molar-refractivity contribution in [1.29, 1.82) is 0 Å². The lowest BCUT2D eigenvalue weighted by molar-refractivity contribution is 0.996. The summed E-state index contributed by atoms with van der Waals surface area (Å²) in [6.45, 7) is 0. The van der Waals surface area contributed by atoms with Gasteiger partial charge in [0.05, 0.1) is 49.4 Å². The third-order valence-electron chi connectivity index (χ3n) is 12.2. The normalized spacial score (nSPS) is 11.8. The number of para-hydroxylation sites is 2. The lowest BCUT2D eigenvalue weighted by atomic mass is 10.0. The fourth-order valence-electron chi connectivity index (χ4n) is 9.28. The van der Waals surface area contributed by atoms with E-state index in [9.17, 15) is 0 Å². The molecule has 7 aromatic carbocycles. The summed E-state index contributed by atoms with van der Waals surface area (Å²) in [4.78, 5) is 20.6. The second kappa shape index (κ2) is 14.2. The van der Waals surface area contributed by atoms with E-state index in [0.29, 0.717) is 5.95 Å². The Balaban J connectivity index is 0.961. The number of benzene rings is 7. The molecule has 0 fully saturated rings. The van der Waals surface area contributed by atoms with Crippen LogP contribution in [-0.2, 0) is 0 Å². The summed E-state index contributed by atoms with van der Waals surface area (Å²) in [5, 5.41) is 5.81. The van der Waals surface area contributed by atoms with Crippen molar-refractivity contribution < 1.29 is 0 Å². The van der Waals surface area contributed by atoms with Crippen LogP contribution in [0.15, 0.2) is 206 Å². The van der Waals surface area contributed by atoms with Gasteiger partial charge in [-0.25, -0.2) is 15.0 Å². The summed E-state index contributed by atoms with van der Waals surface area (Å²) in [5.41, 5.74) is 13.4. The molecule has 0 aliphatic carbocycles. The van der Waals surface area contributed by atoms with Gasteiger partial charge in [0.25, 0.3) is 0 Å². The minimum atomic E-state index is 0.632. The van der Waals surface area contributed by atoms with Gasteiger partial charge in [0.2, 0.25) is 5.95 Å². The van der Waals surface area contributed by atoms with Crippen LogP contribution in [0.4, 0.5) is 0 Å². The van der Waals surface area contributed by atoms with Crippen molar-refractivity contribution in [2.24, 2.45) is 0 Å². The Hall–Kier alpha value is -8.26. The van der Waals surface area contributed by atoms with Crippen molar-refractivity contribution in [1.82, 2.24) is 29.1 Å². The number of thiophene rings is 1. The highest BCUT2D eigenvalue weighted by Gasteiger charge is 2.20. The fourth-order valence-corrected chi connectivity index (χ4v) is 10.3. The first-order valence-electron chi connectivity index (χ1n) is 21.0. The molecule has 0 aliphatic heterocycles. The molecule has 294 valence electrons. The summed E-state index contributed by atoms with van der Waals surface area (Å²) in [7, 11) is 0. The standard InChI is InChI=1S/C56H34N6S/c1-3-13-35(14-4-1)46-34-47(36-15-5-2-6-16-36)60-56(59-46)62-49-21-10-7-17-40(49)42-27-24-38(33-51(42)62)37-25-28-50-43(31-37)41-18-8-9-20-48(41)61(50)54-23-11-19-45(58-54)39-26-29-52-44(32-39)55-53(63-52)22-12-30-57-55/h1-34H. The number of pyridine rings is 2. The van der Waals surface area contributed by atoms with Gasteiger partial charge in [-0.3, -0.25) is 14.1 Å². The van der Waals surface area contributed by atoms with Crippen LogP contribution in [0.25, 0.3) is 121 Å². The lowest BCUT2D eigenvalue weighted by Gasteiger charge is -2.12. The Morgan fingerprint density at radius 1 is 0.333 bits per heavy atom. The number of hydrogen-bond acceptors (Lipinski definition) is 5. The van der Waals surface area contributed by atoms with Crippen LogP contribution >= 0.6 is 11.3 Å². The maximum absolute atomic E-state index is 5.31. The Kier molecular flexibility index (Phi) is 7.98. The number of aromatic nitrogens is 6. The molecule has 0 saturated heterocycles. The van der Waals surface area contributed by atoms with E-state index in [2.05, 4.69) is 191 Å². The molecule has 6 nitrogen and oxygen atoms in total. The summed E-state index contributed by atoms with van der Waals surface area (Å²) in [6, 6.07) is 70.6. The highest BCUT2D eigenvalue weighted by Crippen LogP contribution is 2.40. The highest BCUT2D eigenvalue weighted by atomic mass is 32.1. The van der Waals surface area contributed by atoms with Crippen LogP contribution in [0.1, 0.15) is 0 Å². The van der Waals surface area contributed by atoms with E-state index >= 15 is 0 Å². The smallest absolute Gasteiger partial charge is 0.235 e. The van der Waals surface area contributed by atoms with Gasteiger partial charge in [0.1, 0.15) is 5.82 Å². The minimum absolute atomic E-state index is 0.632. The van der Waals surface area contributed by atoms with Gasteiger partial charge in [0.15, 0.2) is 0 Å². The minimum Gasteiger partial charge on any atom is -0.294 e. The number of rotatable bonds is 6. The van der Waals surface area contributed by atoms with Crippen molar-refractivity contribution in [3.63, 3.8) is 0 Å². The molecule has 0 atom stereocenters. The third-order valence-corrected chi connectivity index (χ3v) is 13.3. The van der Waals surface area contributed by atoms with Crippen molar-refractivity contribution in [3.05, 3.63) is 206 Å². The average Bonchev–Trinajstić information content (AvgIpc) is 4.01. The van der Waals surface area contributed by atoms with E-state index in [4.69, 9.17) is 19.9 Å². The predicted molar refractivity (Wildman–Crippen MR) is 261 cm³/mol. The van der Waals surface area contributed by atoms with Crippen molar-refractivity contribution in [2.75, 3.05) is 0 Å². The second-order valence-electron chi connectivity index (χ2n) is 15.9. The maximum atomic E-state index is 5.31. The zero-order valence-electron chi connectivity index (χ0n) is 33.7. The molecule has 0 amide bonds. The Labute approximate surface area is 365 Å². The van der Waals surface area contributed by atoms with E-state index in [-0.39, 0.29) is 0 Å². The third kappa shape index (κ3) is 5.78. The Bertz CT molecular complexity index is 3860. The molecule has 7 heteroatoms. The molecular weight excluding hydrogens is 789 g/mol. The largest absolute Gasteiger partial charge is 0.294 e. The van der Waals surface area contributed by atoms with Crippen LogP contribution in [0, 0.1) is 0 Å². The monoisotopic (exact) mass is 822 g/mol. The van der Waals surface area contributed by atoms with E-state index in [0.717, 1.165) is 94.5 Å². The van der Waals surface area contributed by atoms with E-state index in [1.54, 1.807) is 11.3 Å². The van der Waals surface area contributed by atoms with Gasteiger partial charge in [0, 0.05) is 54.5 Å². The van der Waals surface area contributed by atoms with Gasteiger partial charge in [-0.15, -0.1) is 11.3 Å². The van der Waals surface area contributed by atoms with E-state index in [1.165, 1.54) is 20.2 Å². The summed E-state index contributed by atoms with van der Waals surface area (Å²) >= 11 is 1.78. The van der Waals surface area contributed by atoms with Crippen molar-refractivity contribution in [2.45, 2.75) is 0 Å². The molecule has 13 rings (SSSR count). The first-order valence-corrected chi connectivity index (χ1v) is 21.9. The van der Waals surface area contributed by atoms with Gasteiger partial charge in [-0.1, -0.05) is 127 Å². The molecule has 63 heavy (non-hydrogen) atoms. The van der Waals surface area contributed by atoms with E-state index < -0.39 is 0 Å². The molecule has 6 aromatic heterocycles. The van der Waals surface area contributed by atoms with Gasteiger partial charge >= 0.3 is 0 Å². The van der Waals surface area contributed by atoms with Crippen molar-refractivity contribution >= 4 is 75.3 Å². The second-order valence-corrected chi connectivity index (χ2v) is 17.0. The number of hydrogen-bond donors (Lipinski definition) is 0. The average molecular weight is 823 g/mol. The topological polar surface area (TPSA) is 61.4 Å². The zero-order chi connectivity index (χ0) is 41.4. The van der Waals surface area contributed by atoms with Crippen LogP contribution in [-0.4, -0.2) is 29.1 Å². The van der Waals surface area contributed by atoms with Crippen LogP contribution in [0.5, 0.6) is 0 Å². The molecule has 0 aliphatic rings. The lowest BCUT2D eigenvalue weighted by Crippen LogP contribution is -2.04. The number of fused-ring (bicyclic) bond motifs is 9. The molecular formula is C56H34N6S. The molecule has 0 unspecified atom stereocenters. The first kappa shape index (κ1) is 35.5. The SMILES string of the molecule is c1ccc(-c2cc(-c3ccccc3)nc(-n3c4ccccc4c4ccc(-c5ccc6c(c5)c5ccccc5n6-c5cccc(-c6ccc7sc8cccnc8c7c6)n5)cc43)n2)cc1. The molecule has 0 saturated carbocycles. The quantitative estimate of drug-likeness (QED) is 0.168. The molecule has 0 N–H and O–H groups in total. The molecule has 13 aromatic rings. The first-order chi connectivity index (χ1) is 31.2. The number of nitrogens with zero attached hydrogens (tertiary/aromatic N) is 6. The fraction of sp³-hybridized carbons (Fsp3) is 0. The maximum Gasteiger partial charge on any atom is 0.235 e. The van der Waals surface area contributed by atoms with Gasteiger partial charge in [-0.2, -0.15) is 0 Å². The van der Waals surface area contributed by atoms with Crippen LogP contribution < -0.4 is 0 Å². The summed E-state index contributed by atoms with van der Waals surface area (Å²) in [5.74, 6) is 1.51. The molecule has 0 radical (unpaired) electrons. The zero-order valence-corrected chi connectivity index (χ0v) is 34.5. The van der Waals surface area contributed by atoms with Crippen LogP contribution in [0.2, 0.25) is 0 Å². The predicted octanol–water partition coefficient (Wildman–Crippen LogP) is 14.5.